The van der Waals surface area contributed by atoms with Crippen LogP contribution in [0.4, 0.5) is 0 Å². The number of nitrogens with one attached hydrogen (secondary N) is 1. The van der Waals surface area contributed by atoms with Crippen molar-refractivity contribution in [2.75, 3.05) is 6.54 Å². The van der Waals surface area contributed by atoms with E-state index in [-0.39, 0.29) is 0 Å². The molecule has 1 aliphatic heterocycles. The number of piperidine rings is 1. The number of rotatable bonds is 1. The molecule has 1 fully saturated rings. The molecule has 0 aliphatic carbocycles. The largest absolute Gasteiger partial charge is 0.310 e. The van der Waals surface area contributed by atoms with E-state index in [1.54, 1.807) is 11.3 Å². The molecule has 1 saturated heterocycles. The van der Waals surface area contributed by atoms with E-state index < -0.39 is 0 Å². The smallest absolute Gasteiger partial charge is 0.0907 e. The molecule has 2 heterocycles. The predicted octanol–water partition coefficient (Wildman–Crippen LogP) is 3.67. The van der Waals surface area contributed by atoms with E-state index >= 15 is 0 Å². The van der Waals surface area contributed by atoms with E-state index in [4.69, 9.17) is 0 Å². The van der Waals surface area contributed by atoms with Gasteiger partial charge in [-0.3, -0.25) is 0 Å². The standard InChI is InChI=1S/C14H18N2S/c1-9-3-5-12(15-8-9)11-4-6-14-13(7-11)16-10(2)17-14/h4,6-7,9,12,15H,3,5,8H2,1-2H3/t9-,12+/m1/s1. The van der Waals surface area contributed by atoms with Crippen molar-refractivity contribution < 1.29 is 0 Å². The van der Waals surface area contributed by atoms with Gasteiger partial charge in [0.2, 0.25) is 0 Å². The third-order valence-electron chi connectivity index (χ3n) is 3.58. The molecule has 3 rings (SSSR count). The van der Waals surface area contributed by atoms with Crippen molar-refractivity contribution in [2.45, 2.75) is 32.7 Å². The first-order valence-corrected chi connectivity index (χ1v) is 7.14. The summed E-state index contributed by atoms with van der Waals surface area (Å²) in [5.41, 5.74) is 2.56. The van der Waals surface area contributed by atoms with Crippen molar-refractivity contribution in [2.24, 2.45) is 5.92 Å². The van der Waals surface area contributed by atoms with Gasteiger partial charge in [0, 0.05) is 6.04 Å². The van der Waals surface area contributed by atoms with E-state index in [0.29, 0.717) is 6.04 Å². The number of hydrogen-bond donors (Lipinski definition) is 1. The summed E-state index contributed by atoms with van der Waals surface area (Å²) in [4.78, 5) is 4.57. The molecule has 0 bridgehead atoms. The van der Waals surface area contributed by atoms with Crippen LogP contribution < -0.4 is 5.32 Å². The molecule has 90 valence electrons. The molecule has 0 spiro atoms. The summed E-state index contributed by atoms with van der Waals surface area (Å²) < 4.78 is 1.30. The zero-order chi connectivity index (χ0) is 11.8. The van der Waals surface area contributed by atoms with Gasteiger partial charge in [0.15, 0.2) is 0 Å². The van der Waals surface area contributed by atoms with Crippen LogP contribution in [0.15, 0.2) is 18.2 Å². The van der Waals surface area contributed by atoms with E-state index in [9.17, 15) is 0 Å². The maximum atomic E-state index is 4.57. The van der Waals surface area contributed by atoms with Crippen molar-refractivity contribution in [3.63, 3.8) is 0 Å². The Morgan fingerprint density at radius 3 is 3.00 bits per heavy atom. The Hall–Kier alpha value is -0.930. The molecule has 1 N–H and O–H groups in total. The Kier molecular flexibility index (Phi) is 2.89. The summed E-state index contributed by atoms with van der Waals surface area (Å²) in [6.07, 6.45) is 2.57. The highest BCUT2D eigenvalue weighted by molar-refractivity contribution is 7.18. The molecule has 3 heteroatoms. The zero-order valence-corrected chi connectivity index (χ0v) is 11.2. The van der Waals surface area contributed by atoms with Crippen molar-refractivity contribution in [1.29, 1.82) is 0 Å². The fourth-order valence-corrected chi connectivity index (χ4v) is 3.37. The van der Waals surface area contributed by atoms with Gasteiger partial charge in [0.25, 0.3) is 0 Å². The average molecular weight is 246 g/mol. The first kappa shape index (κ1) is 11.2. The topological polar surface area (TPSA) is 24.9 Å². The second-order valence-electron chi connectivity index (χ2n) is 5.10. The Bertz CT molecular complexity index is 524. The molecular weight excluding hydrogens is 228 g/mol. The molecule has 0 unspecified atom stereocenters. The fourth-order valence-electron chi connectivity index (χ4n) is 2.56. The first-order chi connectivity index (χ1) is 8.22. The maximum Gasteiger partial charge on any atom is 0.0907 e. The molecule has 2 aromatic rings. The normalized spacial score (nSPS) is 25.3. The van der Waals surface area contributed by atoms with Crippen LogP contribution in [0.25, 0.3) is 10.2 Å². The van der Waals surface area contributed by atoms with Crippen LogP contribution in [0.3, 0.4) is 0 Å². The minimum Gasteiger partial charge on any atom is -0.310 e. The van der Waals surface area contributed by atoms with E-state index in [0.717, 1.165) is 23.0 Å². The minimum atomic E-state index is 0.526. The van der Waals surface area contributed by atoms with E-state index in [1.807, 2.05) is 0 Å². The molecule has 17 heavy (non-hydrogen) atoms. The second-order valence-corrected chi connectivity index (χ2v) is 6.34. The summed E-state index contributed by atoms with van der Waals surface area (Å²) in [5.74, 6) is 0.816. The fraction of sp³-hybridized carbons (Fsp3) is 0.500. The molecule has 0 saturated carbocycles. The van der Waals surface area contributed by atoms with Gasteiger partial charge in [-0.25, -0.2) is 4.98 Å². The van der Waals surface area contributed by atoms with Gasteiger partial charge < -0.3 is 5.32 Å². The second kappa shape index (κ2) is 4.39. The Morgan fingerprint density at radius 2 is 2.24 bits per heavy atom. The van der Waals surface area contributed by atoms with Crippen LogP contribution in [-0.2, 0) is 0 Å². The van der Waals surface area contributed by atoms with Crippen LogP contribution in [0.5, 0.6) is 0 Å². The van der Waals surface area contributed by atoms with Crippen molar-refractivity contribution in [3.05, 3.63) is 28.8 Å². The number of nitrogens with zero attached hydrogens (tertiary/aromatic N) is 1. The summed E-state index contributed by atoms with van der Waals surface area (Å²) in [6, 6.07) is 7.26. The van der Waals surface area contributed by atoms with Crippen molar-refractivity contribution in [3.8, 4) is 0 Å². The lowest BCUT2D eigenvalue weighted by Gasteiger charge is -2.28. The zero-order valence-electron chi connectivity index (χ0n) is 10.4. The van der Waals surface area contributed by atoms with Gasteiger partial charge in [0.05, 0.1) is 15.2 Å². The Morgan fingerprint density at radius 1 is 1.35 bits per heavy atom. The predicted molar refractivity (Wildman–Crippen MR) is 73.5 cm³/mol. The van der Waals surface area contributed by atoms with Crippen LogP contribution in [0.1, 0.15) is 36.4 Å². The quantitative estimate of drug-likeness (QED) is 0.830. The lowest BCUT2D eigenvalue weighted by molar-refractivity contribution is 0.333. The number of fused-ring (bicyclic) bond motifs is 1. The average Bonchev–Trinajstić information content (AvgIpc) is 2.69. The molecule has 2 atom stereocenters. The van der Waals surface area contributed by atoms with Crippen LogP contribution in [-0.4, -0.2) is 11.5 Å². The highest BCUT2D eigenvalue weighted by Gasteiger charge is 2.19. The Balaban J connectivity index is 1.89. The highest BCUT2D eigenvalue weighted by Crippen LogP contribution is 2.29. The molecule has 0 radical (unpaired) electrons. The van der Waals surface area contributed by atoms with Crippen molar-refractivity contribution >= 4 is 21.6 Å². The number of benzene rings is 1. The summed E-state index contributed by atoms with van der Waals surface area (Å²) in [7, 11) is 0. The maximum absolute atomic E-state index is 4.57. The van der Waals surface area contributed by atoms with Gasteiger partial charge >= 0.3 is 0 Å². The van der Waals surface area contributed by atoms with Gasteiger partial charge in [0.1, 0.15) is 0 Å². The molecule has 1 aromatic heterocycles. The minimum absolute atomic E-state index is 0.526. The summed E-state index contributed by atoms with van der Waals surface area (Å²) in [5, 5.41) is 4.79. The molecule has 0 amide bonds. The summed E-state index contributed by atoms with van der Waals surface area (Å²) >= 11 is 1.78. The van der Waals surface area contributed by atoms with Crippen LogP contribution in [0.2, 0.25) is 0 Å². The third kappa shape index (κ3) is 2.22. The van der Waals surface area contributed by atoms with Crippen LogP contribution >= 0.6 is 11.3 Å². The third-order valence-corrected chi connectivity index (χ3v) is 4.53. The highest BCUT2D eigenvalue weighted by atomic mass is 32.1. The van der Waals surface area contributed by atoms with E-state index in [2.05, 4.69) is 42.3 Å². The number of thiazole rings is 1. The molecule has 1 aromatic carbocycles. The SMILES string of the molecule is Cc1nc2cc([C@@H]3CC[C@@H](C)CN3)ccc2s1. The number of aromatic nitrogens is 1. The van der Waals surface area contributed by atoms with Gasteiger partial charge in [-0.05, 0) is 49.9 Å². The summed E-state index contributed by atoms with van der Waals surface area (Å²) in [6.45, 7) is 5.53. The van der Waals surface area contributed by atoms with Crippen LogP contribution in [0, 0.1) is 12.8 Å². The van der Waals surface area contributed by atoms with Gasteiger partial charge in [-0.1, -0.05) is 13.0 Å². The number of hydrogen-bond acceptors (Lipinski definition) is 3. The molecular formula is C14H18N2S. The molecule has 1 aliphatic rings. The monoisotopic (exact) mass is 246 g/mol. The van der Waals surface area contributed by atoms with Crippen molar-refractivity contribution in [1.82, 2.24) is 10.3 Å². The first-order valence-electron chi connectivity index (χ1n) is 6.33. The lowest BCUT2D eigenvalue weighted by Crippen LogP contribution is -2.31. The number of aryl methyl sites for hydroxylation is 1. The van der Waals surface area contributed by atoms with Gasteiger partial charge in [-0.15, -0.1) is 11.3 Å². The van der Waals surface area contributed by atoms with E-state index in [1.165, 1.54) is 23.1 Å². The Labute approximate surface area is 106 Å². The molecule has 2 nitrogen and oxygen atoms in total. The lowest BCUT2D eigenvalue weighted by atomic mass is 9.92. The van der Waals surface area contributed by atoms with Gasteiger partial charge in [-0.2, -0.15) is 0 Å².